The fourth-order valence-electron chi connectivity index (χ4n) is 1.48. The first-order valence-electron chi connectivity index (χ1n) is 6.51. The van der Waals surface area contributed by atoms with E-state index in [9.17, 15) is 9.59 Å². The van der Waals surface area contributed by atoms with E-state index in [1.54, 1.807) is 11.9 Å². The molecule has 0 heterocycles. The Hall–Kier alpha value is -2.30. The molecule has 20 heavy (non-hydrogen) atoms. The van der Waals surface area contributed by atoms with Crippen LogP contribution in [0.15, 0.2) is 42.2 Å². The molecular weight excluding hydrogens is 254 g/mol. The Morgan fingerprint density at radius 1 is 1.30 bits per heavy atom. The molecule has 0 bridgehead atoms. The SMILES string of the molecule is CC(C)N(C)C(=O)/C=C(\NC=O)NCc1ccccc1. The van der Waals surface area contributed by atoms with Gasteiger partial charge in [0, 0.05) is 25.7 Å². The summed E-state index contributed by atoms with van der Waals surface area (Å²) in [5.41, 5.74) is 1.07. The van der Waals surface area contributed by atoms with E-state index in [4.69, 9.17) is 0 Å². The molecule has 0 atom stereocenters. The molecule has 0 saturated carbocycles. The average molecular weight is 275 g/mol. The van der Waals surface area contributed by atoms with Crippen LogP contribution in [0.4, 0.5) is 0 Å². The highest BCUT2D eigenvalue weighted by molar-refractivity contribution is 5.88. The Morgan fingerprint density at radius 2 is 1.95 bits per heavy atom. The molecule has 0 aliphatic heterocycles. The predicted octanol–water partition coefficient (Wildman–Crippen LogP) is 1.23. The van der Waals surface area contributed by atoms with E-state index in [0.717, 1.165) is 5.56 Å². The number of hydrogen-bond donors (Lipinski definition) is 2. The largest absolute Gasteiger partial charge is 0.367 e. The highest BCUT2D eigenvalue weighted by Crippen LogP contribution is 2.00. The van der Waals surface area contributed by atoms with Gasteiger partial charge in [0.05, 0.1) is 0 Å². The fraction of sp³-hybridized carbons (Fsp3) is 0.333. The molecule has 0 saturated heterocycles. The first kappa shape index (κ1) is 15.8. The van der Waals surface area contributed by atoms with Crippen molar-refractivity contribution < 1.29 is 9.59 Å². The maximum atomic E-state index is 11.9. The molecular formula is C15H21N3O2. The maximum absolute atomic E-state index is 11.9. The topological polar surface area (TPSA) is 61.4 Å². The van der Waals surface area contributed by atoms with Crippen molar-refractivity contribution in [1.29, 1.82) is 0 Å². The summed E-state index contributed by atoms with van der Waals surface area (Å²) in [6, 6.07) is 9.84. The minimum atomic E-state index is -0.162. The highest BCUT2D eigenvalue weighted by Gasteiger charge is 2.10. The lowest BCUT2D eigenvalue weighted by Crippen LogP contribution is -2.34. The van der Waals surface area contributed by atoms with E-state index < -0.39 is 0 Å². The number of benzene rings is 1. The molecule has 0 unspecified atom stereocenters. The molecule has 5 heteroatoms. The van der Waals surface area contributed by atoms with E-state index in [0.29, 0.717) is 18.8 Å². The Labute approximate surface area is 119 Å². The number of rotatable bonds is 7. The van der Waals surface area contributed by atoms with Crippen molar-refractivity contribution in [2.24, 2.45) is 0 Å². The number of likely N-dealkylation sites (N-methyl/N-ethyl adjacent to an activating group) is 1. The lowest BCUT2D eigenvalue weighted by Gasteiger charge is -2.20. The summed E-state index contributed by atoms with van der Waals surface area (Å²) in [5, 5.41) is 5.53. The molecule has 0 radical (unpaired) electrons. The number of nitrogens with one attached hydrogen (secondary N) is 2. The van der Waals surface area contributed by atoms with Crippen LogP contribution in [0.25, 0.3) is 0 Å². The van der Waals surface area contributed by atoms with Gasteiger partial charge in [-0.15, -0.1) is 0 Å². The molecule has 0 aromatic heterocycles. The summed E-state index contributed by atoms with van der Waals surface area (Å²) in [6.07, 6.45) is 1.93. The van der Waals surface area contributed by atoms with Crippen LogP contribution in [0.2, 0.25) is 0 Å². The van der Waals surface area contributed by atoms with Crippen LogP contribution in [0.3, 0.4) is 0 Å². The van der Waals surface area contributed by atoms with Gasteiger partial charge in [0.1, 0.15) is 5.82 Å². The van der Waals surface area contributed by atoms with Gasteiger partial charge in [-0.1, -0.05) is 30.3 Å². The Kier molecular flexibility index (Phi) is 6.29. The van der Waals surface area contributed by atoms with Crippen LogP contribution in [0, 0.1) is 0 Å². The van der Waals surface area contributed by atoms with Gasteiger partial charge in [-0.25, -0.2) is 0 Å². The van der Waals surface area contributed by atoms with Gasteiger partial charge in [0.15, 0.2) is 0 Å². The van der Waals surface area contributed by atoms with Gasteiger partial charge in [-0.3, -0.25) is 9.59 Å². The van der Waals surface area contributed by atoms with Gasteiger partial charge in [-0.2, -0.15) is 0 Å². The summed E-state index contributed by atoms with van der Waals surface area (Å²) in [7, 11) is 1.72. The Morgan fingerprint density at radius 3 is 2.50 bits per heavy atom. The third-order valence-corrected chi connectivity index (χ3v) is 2.93. The van der Waals surface area contributed by atoms with E-state index >= 15 is 0 Å². The molecule has 2 N–H and O–H groups in total. The molecule has 0 spiro atoms. The first-order valence-corrected chi connectivity index (χ1v) is 6.51. The van der Waals surface area contributed by atoms with E-state index in [1.807, 2.05) is 44.2 Å². The molecule has 2 amide bonds. The maximum Gasteiger partial charge on any atom is 0.250 e. The van der Waals surface area contributed by atoms with Gasteiger partial charge in [0.25, 0.3) is 0 Å². The molecule has 108 valence electrons. The van der Waals surface area contributed by atoms with Crippen LogP contribution in [0.1, 0.15) is 19.4 Å². The van der Waals surface area contributed by atoms with Crippen molar-refractivity contribution in [1.82, 2.24) is 15.5 Å². The van der Waals surface area contributed by atoms with Crippen molar-refractivity contribution in [2.75, 3.05) is 7.05 Å². The van der Waals surface area contributed by atoms with Crippen LogP contribution in [-0.2, 0) is 16.1 Å². The normalized spacial score (nSPS) is 11.1. The molecule has 1 rings (SSSR count). The average Bonchev–Trinajstić information content (AvgIpc) is 2.45. The van der Waals surface area contributed by atoms with Gasteiger partial charge >= 0.3 is 0 Å². The summed E-state index contributed by atoms with van der Waals surface area (Å²) in [5.74, 6) is 0.228. The van der Waals surface area contributed by atoms with Gasteiger partial charge in [-0.05, 0) is 19.4 Å². The Balaban J connectivity index is 2.68. The lowest BCUT2D eigenvalue weighted by molar-refractivity contribution is -0.126. The third-order valence-electron chi connectivity index (χ3n) is 2.93. The highest BCUT2D eigenvalue weighted by atomic mass is 16.2. The third kappa shape index (κ3) is 5.14. The second-order valence-corrected chi connectivity index (χ2v) is 4.70. The molecule has 0 aliphatic rings. The molecule has 1 aromatic rings. The molecule has 0 aliphatic carbocycles. The smallest absolute Gasteiger partial charge is 0.250 e. The van der Waals surface area contributed by atoms with Crippen LogP contribution < -0.4 is 10.6 Å². The first-order chi connectivity index (χ1) is 9.54. The number of hydrogen-bond acceptors (Lipinski definition) is 3. The lowest BCUT2D eigenvalue weighted by atomic mass is 10.2. The molecule has 5 nitrogen and oxygen atoms in total. The number of carbonyl (C=O) groups is 2. The Bertz CT molecular complexity index is 469. The zero-order chi connectivity index (χ0) is 15.0. The summed E-state index contributed by atoms with van der Waals surface area (Å²) >= 11 is 0. The van der Waals surface area contributed by atoms with Crippen molar-refractivity contribution in [3.05, 3.63) is 47.8 Å². The summed E-state index contributed by atoms with van der Waals surface area (Å²) in [6.45, 7) is 4.39. The van der Waals surface area contributed by atoms with Crippen LogP contribution in [0.5, 0.6) is 0 Å². The van der Waals surface area contributed by atoms with Gasteiger partial charge < -0.3 is 15.5 Å². The zero-order valence-corrected chi connectivity index (χ0v) is 12.1. The van der Waals surface area contributed by atoms with Crippen molar-refractivity contribution >= 4 is 12.3 Å². The van der Waals surface area contributed by atoms with E-state index in [2.05, 4.69) is 10.6 Å². The minimum absolute atomic E-state index is 0.102. The fourth-order valence-corrected chi connectivity index (χ4v) is 1.48. The second-order valence-electron chi connectivity index (χ2n) is 4.70. The van der Waals surface area contributed by atoms with E-state index in [-0.39, 0.29) is 11.9 Å². The predicted molar refractivity (Wildman–Crippen MR) is 78.5 cm³/mol. The standard InChI is InChI=1S/C15H21N3O2/c1-12(2)18(3)15(20)9-14(17-11-19)16-10-13-7-5-4-6-8-13/h4-9,11-12,16H,10H2,1-3H3,(H,17,19)/b14-9-. The van der Waals surface area contributed by atoms with Crippen LogP contribution >= 0.6 is 0 Å². The minimum Gasteiger partial charge on any atom is -0.367 e. The summed E-state index contributed by atoms with van der Waals surface area (Å²) in [4.78, 5) is 24.1. The molecule has 0 fully saturated rings. The quantitative estimate of drug-likeness (QED) is 0.581. The molecule has 1 aromatic carbocycles. The number of carbonyl (C=O) groups excluding carboxylic acids is 2. The summed E-state index contributed by atoms with van der Waals surface area (Å²) < 4.78 is 0. The zero-order valence-electron chi connectivity index (χ0n) is 12.1. The van der Waals surface area contributed by atoms with Crippen LogP contribution in [-0.4, -0.2) is 30.3 Å². The monoisotopic (exact) mass is 275 g/mol. The van der Waals surface area contributed by atoms with Gasteiger partial charge in [0.2, 0.25) is 12.3 Å². The van der Waals surface area contributed by atoms with Crippen molar-refractivity contribution in [3.63, 3.8) is 0 Å². The van der Waals surface area contributed by atoms with E-state index in [1.165, 1.54) is 6.08 Å². The van der Waals surface area contributed by atoms with Crippen molar-refractivity contribution in [3.8, 4) is 0 Å². The number of amides is 2. The van der Waals surface area contributed by atoms with Crippen molar-refractivity contribution in [2.45, 2.75) is 26.4 Å². The second kappa shape index (κ2) is 7.99. The number of nitrogens with zero attached hydrogens (tertiary/aromatic N) is 1.